The summed E-state index contributed by atoms with van der Waals surface area (Å²) >= 11 is 0. The van der Waals surface area contributed by atoms with Crippen molar-refractivity contribution in [3.63, 3.8) is 0 Å². The Labute approximate surface area is 369 Å². The minimum absolute atomic E-state index is 0.0626. The second kappa shape index (κ2) is 16.4. The first-order valence-electron chi connectivity index (χ1n) is 23.4. The molecule has 360 valence electrons. The summed E-state index contributed by atoms with van der Waals surface area (Å²) in [6, 6.07) is 0. The Morgan fingerprint density at radius 1 is 0.683 bits per heavy atom. The van der Waals surface area contributed by atoms with Crippen LogP contribution in [0.15, 0.2) is 11.6 Å². The van der Waals surface area contributed by atoms with Crippen LogP contribution in [-0.4, -0.2) is 176 Å². The van der Waals surface area contributed by atoms with E-state index < -0.39 is 110 Å². The second-order valence-corrected chi connectivity index (χ2v) is 22.4. The molecule has 2 bridgehead atoms. The third-order valence-electron chi connectivity index (χ3n) is 18.7. The van der Waals surface area contributed by atoms with Crippen LogP contribution in [0.5, 0.6) is 0 Å². The van der Waals surface area contributed by atoms with Crippen molar-refractivity contribution in [2.24, 2.45) is 51.2 Å². The average molecular weight is 899 g/mol. The van der Waals surface area contributed by atoms with Crippen molar-refractivity contribution in [2.75, 3.05) is 33.0 Å². The van der Waals surface area contributed by atoms with Crippen molar-refractivity contribution < 1.29 is 83.9 Å². The van der Waals surface area contributed by atoms with Gasteiger partial charge in [-0.2, -0.15) is 0 Å². The summed E-state index contributed by atoms with van der Waals surface area (Å²) < 4.78 is 50.5. The molecule has 0 amide bonds. The Morgan fingerprint density at radius 2 is 1.32 bits per heavy atom. The summed E-state index contributed by atoms with van der Waals surface area (Å²) in [4.78, 5) is 0. The highest BCUT2D eigenvalue weighted by Crippen LogP contribution is 2.80. The molecule has 17 nitrogen and oxygen atoms in total. The minimum Gasteiger partial charge on any atom is -0.394 e. The van der Waals surface area contributed by atoms with Crippen LogP contribution in [0.1, 0.15) is 93.4 Å². The fourth-order valence-corrected chi connectivity index (χ4v) is 15.5. The van der Waals surface area contributed by atoms with Crippen LogP contribution in [-0.2, 0) is 37.9 Å². The molecule has 9 fully saturated rings. The summed E-state index contributed by atoms with van der Waals surface area (Å²) in [5.41, 5.74) is -0.487. The molecule has 0 radical (unpaired) electrons. The molecule has 5 saturated heterocycles. The standard InChI is InChI=1S/C46H74O17/c1-21(2)14-22-17-57-46-19-45(20-58-46)23(37(46)44(22,7)55)8-9-28-42(5)12-11-29(41(3,4)27(42)10-13-43(28,45)6)61-40-36(63-38-33(53)31(51)26(16-48)60-38)35(24(49)18-56-40)62-39-34(54)32(52)30(50)25(15-47)59-39/h14,22-40,47-55H,8-13,15-20H2,1-7H3/t22-,23?,24-,25?,26-,27?,28?,29-,30+,31+,32+,33?,34?,35+,36?,37?,38-,39-,40-,42-,43+,44?,45-,46+/m0/s1. The van der Waals surface area contributed by atoms with Gasteiger partial charge < -0.3 is 83.9 Å². The molecule has 24 atom stereocenters. The predicted octanol–water partition coefficient (Wildman–Crippen LogP) is 0.463. The number of aliphatic hydroxyl groups excluding tert-OH is 8. The molecule has 9 aliphatic rings. The summed E-state index contributed by atoms with van der Waals surface area (Å²) in [5, 5.41) is 96.9. The van der Waals surface area contributed by atoms with Crippen molar-refractivity contribution in [3.05, 3.63) is 11.6 Å². The molecule has 0 aromatic carbocycles. The molecule has 9 rings (SSSR count). The van der Waals surface area contributed by atoms with Gasteiger partial charge in [-0.1, -0.05) is 39.3 Å². The van der Waals surface area contributed by atoms with E-state index in [1.165, 1.54) is 0 Å². The smallest absolute Gasteiger partial charge is 0.187 e. The number of hydrogen-bond donors (Lipinski definition) is 9. The molecule has 0 aromatic rings. The molecule has 4 saturated carbocycles. The van der Waals surface area contributed by atoms with Crippen molar-refractivity contribution in [2.45, 2.75) is 191 Å². The van der Waals surface area contributed by atoms with Crippen LogP contribution in [0.4, 0.5) is 0 Å². The second-order valence-electron chi connectivity index (χ2n) is 22.4. The summed E-state index contributed by atoms with van der Waals surface area (Å²) in [7, 11) is 0. The van der Waals surface area contributed by atoms with E-state index in [4.69, 9.17) is 37.9 Å². The van der Waals surface area contributed by atoms with E-state index in [2.05, 4.69) is 47.6 Å². The van der Waals surface area contributed by atoms with Gasteiger partial charge in [-0.25, -0.2) is 0 Å². The van der Waals surface area contributed by atoms with E-state index in [1.54, 1.807) is 0 Å². The molecule has 9 N–H and O–H groups in total. The van der Waals surface area contributed by atoms with Gasteiger partial charge in [0.1, 0.15) is 61.0 Å². The van der Waals surface area contributed by atoms with Crippen LogP contribution in [0, 0.1) is 51.2 Å². The Morgan fingerprint density at radius 3 is 1.97 bits per heavy atom. The minimum atomic E-state index is -1.79. The number of rotatable bonds is 9. The highest BCUT2D eigenvalue weighted by molar-refractivity contribution is 5.27. The van der Waals surface area contributed by atoms with Gasteiger partial charge in [-0.05, 0) is 93.3 Å². The quantitative estimate of drug-likeness (QED) is 0.113. The zero-order chi connectivity index (χ0) is 45.4. The Bertz CT molecular complexity index is 1710. The molecule has 9 unspecified atom stereocenters. The maximum atomic E-state index is 12.4. The van der Waals surface area contributed by atoms with Crippen LogP contribution in [0.25, 0.3) is 0 Å². The summed E-state index contributed by atoms with van der Waals surface area (Å²) in [6.07, 6.45) is -11.3. The monoisotopic (exact) mass is 898 g/mol. The first-order chi connectivity index (χ1) is 29.6. The third kappa shape index (κ3) is 6.95. The lowest BCUT2D eigenvalue weighted by atomic mass is 9.35. The third-order valence-corrected chi connectivity index (χ3v) is 18.7. The average Bonchev–Trinajstić information content (AvgIpc) is 3.85. The topological polar surface area (TPSA) is 256 Å². The maximum absolute atomic E-state index is 12.4. The fourth-order valence-electron chi connectivity index (χ4n) is 15.5. The lowest BCUT2D eigenvalue weighted by Crippen LogP contribution is -2.68. The molecule has 2 spiro atoms. The van der Waals surface area contributed by atoms with Crippen molar-refractivity contribution in [1.82, 2.24) is 0 Å². The number of fused-ring (bicyclic) bond motifs is 4. The van der Waals surface area contributed by atoms with E-state index in [0.717, 1.165) is 44.1 Å². The van der Waals surface area contributed by atoms with Gasteiger partial charge in [0.2, 0.25) is 0 Å². The van der Waals surface area contributed by atoms with E-state index in [9.17, 15) is 46.0 Å². The molecule has 4 aliphatic carbocycles. The first-order valence-corrected chi connectivity index (χ1v) is 23.4. The van der Waals surface area contributed by atoms with Crippen LogP contribution in [0.3, 0.4) is 0 Å². The number of aliphatic hydroxyl groups is 9. The van der Waals surface area contributed by atoms with Crippen molar-refractivity contribution in [3.8, 4) is 0 Å². The largest absolute Gasteiger partial charge is 0.394 e. The molecular weight excluding hydrogens is 824 g/mol. The van der Waals surface area contributed by atoms with E-state index >= 15 is 0 Å². The maximum Gasteiger partial charge on any atom is 0.187 e. The van der Waals surface area contributed by atoms with Gasteiger partial charge in [0, 0.05) is 23.7 Å². The van der Waals surface area contributed by atoms with Crippen LogP contribution in [0.2, 0.25) is 0 Å². The Kier molecular flexibility index (Phi) is 12.2. The lowest BCUT2D eigenvalue weighted by molar-refractivity contribution is -0.375. The van der Waals surface area contributed by atoms with Gasteiger partial charge >= 0.3 is 0 Å². The molecule has 0 aromatic heterocycles. The van der Waals surface area contributed by atoms with Crippen LogP contribution < -0.4 is 0 Å². The molecule has 63 heavy (non-hydrogen) atoms. The molecule has 5 aliphatic heterocycles. The van der Waals surface area contributed by atoms with E-state index in [0.29, 0.717) is 25.6 Å². The summed E-state index contributed by atoms with van der Waals surface area (Å²) in [5.74, 6) is -0.140. The van der Waals surface area contributed by atoms with Gasteiger partial charge in [0.25, 0.3) is 0 Å². The van der Waals surface area contributed by atoms with Gasteiger partial charge in [-0.15, -0.1) is 0 Å². The van der Waals surface area contributed by atoms with Crippen molar-refractivity contribution in [1.29, 1.82) is 0 Å². The lowest BCUT2D eigenvalue weighted by Gasteiger charge is -2.70. The highest BCUT2D eigenvalue weighted by atomic mass is 16.8. The van der Waals surface area contributed by atoms with Crippen LogP contribution >= 0.6 is 0 Å². The zero-order valence-electron chi connectivity index (χ0n) is 37.8. The highest BCUT2D eigenvalue weighted by Gasteiger charge is 2.81. The number of allylic oxidation sites excluding steroid dienone is 1. The molecule has 5 heterocycles. The van der Waals surface area contributed by atoms with Crippen molar-refractivity contribution >= 4 is 0 Å². The SMILES string of the molecule is CC(C)=C[C@H]1CO[C@]23C[C@]4(CO2)C(CCC2[C@@]5(C)CC[C@H](O[C@@H]6OC[C@H](O)[C@@H](O[C@@H]7OC(CO)[C@@H](O)[C@@H](O)C7O)C6O[C@@H]6O[C@@H](CO)[C@@H](O)C6O)C(C)(C)C5CC[C@]24C)C3C1(C)O. The summed E-state index contributed by atoms with van der Waals surface area (Å²) in [6.45, 7) is 15.1. The predicted molar refractivity (Wildman–Crippen MR) is 219 cm³/mol. The molecule has 17 heteroatoms. The number of hydrogen-bond acceptors (Lipinski definition) is 17. The number of ether oxygens (including phenoxy) is 8. The van der Waals surface area contributed by atoms with Gasteiger partial charge in [-0.3, -0.25) is 0 Å². The fraction of sp³-hybridized carbons (Fsp3) is 0.957. The normalized spacial score (nSPS) is 57.2. The van der Waals surface area contributed by atoms with Gasteiger partial charge in [0.15, 0.2) is 24.7 Å². The van der Waals surface area contributed by atoms with Gasteiger partial charge in [0.05, 0.1) is 44.7 Å². The van der Waals surface area contributed by atoms with E-state index in [-0.39, 0.29) is 52.6 Å². The Balaban J connectivity index is 0.970. The molecular formula is C46H74O17. The van der Waals surface area contributed by atoms with E-state index in [1.807, 2.05) is 6.92 Å². The Hall–Kier alpha value is -0.940. The first kappa shape index (κ1) is 47.1. The zero-order valence-corrected chi connectivity index (χ0v) is 37.8.